The fourth-order valence-electron chi connectivity index (χ4n) is 3.58. The second kappa shape index (κ2) is 6.88. The summed E-state index contributed by atoms with van der Waals surface area (Å²) in [6.07, 6.45) is -1.32. The van der Waals surface area contributed by atoms with Crippen LogP contribution in [-0.2, 0) is 6.18 Å². The van der Waals surface area contributed by atoms with E-state index in [9.17, 15) is 13.2 Å². The van der Waals surface area contributed by atoms with Gasteiger partial charge in [-0.2, -0.15) is 13.2 Å². The van der Waals surface area contributed by atoms with Crippen LogP contribution >= 0.6 is 0 Å². The van der Waals surface area contributed by atoms with Gasteiger partial charge in [-0.05, 0) is 61.9 Å². The third-order valence-corrected chi connectivity index (χ3v) is 4.96. The minimum absolute atomic E-state index is 0.0163. The van der Waals surface area contributed by atoms with Crippen molar-refractivity contribution in [1.29, 1.82) is 0 Å². The lowest BCUT2D eigenvalue weighted by Crippen LogP contribution is -2.29. The zero-order chi connectivity index (χ0) is 19.0. The first-order valence-corrected chi connectivity index (χ1v) is 8.95. The fraction of sp³-hybridized carbons (Fsp3) is 0.350. The molecule has 1 atom stereocenters. The number of hydrogen-bond acceptors (Lipinski definition) is 3. The molecule has 0 amide bonds. The van der Waals surface area contributed by atoms with Crippen molar-refractivity contribution in [3.8, 4) is 11.4 Å². The molecule has 0 bridgehead atoms. The summed E-state index contributed by atoms with van der Waals surface area (Å²) in [6.45, 7) is 0.879. The van der Waals surface area contributed by atoms with Gasteiger partial charge in [0, 0.05) is 5.69 Å². The molecule has 0 spiro atoms. The molecule has 0 aliphatic carbocycles. The molecule has 7 heteroatoms. The molecule has 1 aliphatic heterocycles. The van der Waals surface area contributed by atoms with Crippen LogP contribution in [0.2, 0.25) is 0 Å². The third kappa shape index (κ3) is 3.39. The summed E-state index contributed by atoms with van der Waals surface area (Å²) in [4.78, 5) is 4.60. The SMILES string of the molecule is COc1ccc(-n2c(C3CCCCN3)nc3cc(C(F)(F)F)ccc32)cc1. The number of alkyl halides is 3. The van der Waals surface area contributed by atoms with Gasteiger partial charge in [0.25, 0.3) is 0 Å². The Morgan fingerprint density at radius 2 is 1.89 bits per heavy atom. The molecule has 1 N–H and O–H groups in total. The van der Waals surface area contributed by atoms with E-state index in [1.165, 1.54) is 6.07 Å². The van der Waals surface area contributed by atoms with Gasteiger partial charge >= 0.3 is 6.18 Å². The maximum atomic E-state index is 13.1. The highest BCUT2D eigenvalue weighted by Gasteiger charge is 2.31. The van der Waals surface area contributed by atoms with Gasteiger partial charge in [0.15, 0.2) is 0 Å². The fourth-order valence-corrected chi connectivity index (χ4v) is 3.58. The van der Waals surface area contributed by atoms with E-state index >= 15 is 0 Å². The predicted molar refractivity (Wildman–Crippen MR) is 97.2 cm³/mol. The Morgan fingerprint density at radius 3 is 2.52 bits per heavy atom. The van der Waals surface area contributed by atoms with Crippen LogP contribution in [0.4, 0.5) is 13.2 Å². The largest absolute Gasteiger partial charge is 0.497 e. The van der Waals surface area contributed by atoms with Crippen LogP contribution in [0.1, 0.15) is 36.7 Å². The minimum atomic E-state index is -4.39. The number of methoxy groups -OCH3 is 1. The summed E-state index contributed by atoms with van der Waals surface area (Å²) in [6, 6.07) is 11.2. The summed E-state index contributed by atoms with van der Waals surface area (Å²) >= 11 is 0. The van der Waals surface area contributed by atoms with Gasteiger partial charge in [0.05, 0.1) is 29.7 Å². The monoisotopic (exact) mass is 375 g/mol. The maximum Gasteiger partial charge on any atom is 0.416 e. The Balaban J connectivity index is 1.89. The van der Waals surface area contributed by atoms with Gasteiger partial charge in [-0.15, -0.1) is 0 Å². The van der Waals surface area contributed by atoms with Gasteiger partial charge in [-0.1, -0.05) is 6.42 Å². The number of aromatic nitrogens is 2. The van der Waals surface area contributed by atoms with Gasteiger partial charge in [0.1, 0.15) is 11.6 Å². The molecule has 1 aromatic heterocycles. The number of halogens is 3. The van der Waals surface area contributed by atoms with Crippen LogP contribution in [0, 0.1) is 0 Å². The number of hydrogen-bond donors (Lipinski definition) is 1. The predicted octanol–water partition coefficient (Wildman–Crippen LogP) is 4.87. The van der Waals surface area contributed by atoms with Crippen LogP contribution < -0.4 is 10.1 Å². The first kappa shape index (κ1) is 17.9. The number of ether oxygens (including phenoxy) is 1. The first-order valence-electron chi connectivity index (χ1n) is 8.95. The van der Waals surface area contributed by atoms with E-state index in [0.29, 0.717) is 11.0 Å². The topological polar surface area (TPSA) is 39.1 Å². The number of nitrogens with zero attached hydrogens (tertiary/aromatic N) is 2. The van der Waals surface area contributed by atoms with Gasteiger partial charge in [-0.25, -0.2) is 4.98 Å². The first-order chi connectivity index (χ1) is 13.0. The Labute approximate surface area is 155 Å². The molecule has 1 fully saturated rings. The van der Waals surface area contributed by atoms with Crippen molar-refractivity contribution in [3.63, 3.8) is 0 Å². The summed E-state index contributed by atoms with van der Waals surface area (Å²) in [5.41, 5.74) is 1.18. The molecule has 1 unspecified atom stereocenters. The Bertz CT molecular complexity index is 942. The van der Waals surface area contributed by atoms with Crippen LogP contribution in [-0.4, -0.2) is 23.2 Å². The zero-order valence-corrected chi connectivity index (χ0v) is 14.9. The summed E-state index contributed by atoms with van der Waals surface area (Å²) < 4.78 is 46.5. The van der Waals surface area contributed by atoms with Crippen molar-refractivity contribution in [1.82, 2.24) is 14.9 Å². The second-order valence-electron chi connectivity index (χ2n) is 6.71. The molecular formula is C20H20F3N3O. The molecule has 2 heterocycles. The van der Waals surface area contributed by atoms with E-state index in [-0.39, 0.29) is 6.04 Å². The number of nitrogens with one attached hydrogen (secondary N) is 1. The Hall–Kier alpha value is -2.54. The molecule has 0 radical (unpaired) electrons. The summed E-state index contributed by atoms with van der Waals surface area (Å²) in [5, 5.41) is 3.44. The minimum Gasteiger partial charge on any atom is -0.497 e. The lowest BCUT2D eigenvalue weighted by molar-refractivity contribution is -0.137. The number of piperidine rings is 1. The molecule has 142 valence electrons. The van der Waals surface area contributed by atoms with Gasteiger partial charge in [-0.3, -0.25) is 4.57 Å². The normalized spacial score (nSPS) is 18.0. The van der Waals surface area contributed by atoms with Crippen molar-refractivity contribution >= 4 is 11.0 Å². The van der Waals surface area contributed by atoms with Crippen molar-refractivity contribution in [2.75, 3.05) is 13.7 Å². The van der Waals surface area contributed by atoms with Crippen LogP contribution in [0.3, 0.4) is 0 Å². The third-order valence-electron chi connectivity index (χ3n) is 4.96. The van der Waals surface area contributed by atoms with Crippen LogP contribution in [0.15, 0.2) is 42.5 Å². The molecule has 2 aromatic carbocycles. The van der Waals surface area contributed by atoms with Gasteiger partial charge in [0.2, 0.25) is 0 Å². The molecule has 0 saturated carbocycles. The number of benzene rings is 2. The highest BCUT2D eigenvalue weighted by molar-refractivity contribution is 5.79. The molecule has 3 aromatic rings. The van der Waals surface area contributed by atoms with Gasteiger partial charge < -0.3 is 10.1 Å². The molecule has 27 heavy (non-hydrogen) atoms. The van der Waals surface area contributed by atoms with E-state index in [2.05, 4.69) is 10.3 Å². The summed E-state index contributed by atoms with van der Waals surface area (Å²) in [5.74, 6) is 1.47. The molecule has 4 rings (SSSR count). The van der Waals surface area contributed by atoms with E-state index in [0.717, 1.165) is 55.2 Å². The smallest absolute Gasteiger partial charge is 0.416 e. The van der Waals surface area contributed by atoms with E-state index in [1.807, 2.05) is 28.8 Å². The number of imidazole rings is 1. The van der Waals surface area contributed by atoms with Crippen molar-refractivity contribution < 1.29 is 17.9 Å². The lowest BCUT2D eigenvalue weighted by atomic mass is 10.0. The van der Waals surface area contributed by atoms with E-state index in [4.69, 9.17) is 4.74 Å². The van der Waals surface area contributed by atoms with Crippen molar-refractivity contribution in [3.05, 3.63) is 53.9 Å². The molecule has 1 saturated heterocycles. The zero-order valence-electron chi connectivity index (χ0n) is 14.9. The Kier molecular flexibility index (Phi) is 4.55. The van der Waals surface area contributed by atoms with Crippen LogP contribution in [0.5, 0.6) is 5.75 Å². The van der Waals surface area contributed by atoms with Crippen LogP contribution in [0.25, 0.3) is 16.7 Å². The quantitative estimate of drug-likeness (QED) is 0.710. The maximum absolute atomic E-state index is 13.1. The van der Waals surface area contributed by atoms with Crippen molar-refractivity contribution in [2.45, 2.75) is 31.5 Å². The summed E-state index contributed by atoms with van der Waals surface area (Å²) in [7, 11) is 1.59. The standard InChI is InChI=1S/C20H20F3N3O/c1-27-15-8-6-14(7-9-15)26-18-10-5-13(20(21,22)23)12-17(18)25-19(26)16-4-2-3-11-24-16/h5-10,12,16,24H,2-4,11H2,1H3. The second-order valence-corrected chi connectivity index (χ2v) is 6.71. The van der Waals surface area contributed by atoms with E-state index in [1.54, 1.807) is 7.11 Å². The molecule has 1 aliphatic rings. The molecule has 4 nitrogen and oxygen atoms in total. The number of rotatable bonds is 3. The van der Waals surface area contributed by atoms with E-state index < -0.39 is 11.7 Å². The highest BCUT2D eigenvalue weighted by Crippen LogP contribution is 2.34. The average molecular weight is 375 g/mol. The molecular weight excluding hydrogens is 355 g/mol. The lowest BCUT2D eigenvalue weighted by Gasteiger charge is -2.24. The van der Waals surface area contributed by atoms with Crippen molar-refractivity contribution in [2.24, 2.45) is 0 Å². The number of fused-ring (bicyclic) bond motifs is 1. The average Bonchev–Trinajstić information content (AvgIpc) is 3.07. The Morgan fingerprint density at radius 1 is 1.11 bits per heavy atom. The highest BCUT2D eigenvalue weighted by atomic mass is 19.4.